The smallest absolute Gasteiger partial charge is 0.256 e. The molecule has 5 rings (SSSR count). The van der Waals surface area contributed by atoms with E-state index < -0.39 is 6.04 Å². The number of furan rings is 2. The van der Waals surface area contributed by atoms with Crippen molar-refractivity contribution in [2.45, 2.75) is 23.5 Å². The van der Waals surface area contributed by atoms with Crippen LogP contribution in [0.4, 0.5) is 5.69 Å². The highest BCUT2D eigenvalue weighted by Gasteiger charge is 2.45. The third-order valence-corrected chi connectivity index (χ3v) is 6.58. The second-order valence-electron chi connectivity index (χ2n) is 6.89. The number of rotatable bonds is 4. The second-order valence-corrected chi connectivity index (χ2v) is 8.12. The molecule has 1 aromatic carbocycles. The van der Waals surface area contributed by atoms with Gasteiger partial charge in [0.2, 0.25) is 5.91 Å². The Hall–Kier alpha value is -2.93. The first-order chi connectivity index (χ1) is 13.7. The summed E-state index contributed by atoms with van der Waals surface area (Å²) >= 11 is 1.66. The maximum absolute atomic E-state index is 13.2. The summed E-state index contributed by atoms with van der Waals surface area (Å²) in [6.07, 6.45) is 4.02. The number of nitrogens with one attached hydrogen (secondary N) is 1. The molecule has 2 aromatic heterocycles. The number of carbonyl (C=O) groups excluding carboxylic acids is 2. The Kier molecular flexibility index (Phi) is 4.24. The van der Waals surface area contributed by atoms with Gasteiger partial charge >= 0.3 is 0 Å². The highest BCUT2D eigenvalue weighted by molar-refractivity contribution is 7.99. The van der Waals surface area contributed by atoms with Crippen LogP contribution in [0.15, 0.2) is 63.8 Å². The normalized spacial score (nSPS) is 21.2. The predicted octanol–water partition coefficient (Wildman–Crippen LogP) is 4.01. The van der Waals surface area contributed by atoms with Gasteiger partial charge in [-0.05, 0) is 48.9 Å². The van der Waals surface area contributed by atoms with Crippen molar-refractivity contribution < 1.29 is 18.4 Å². The van der Waals surface area contributed by atoms with Crippen molar-refractivity contribution in [2.75, 3.05) is 11.9 Å². The first-order valence-electron chi connectivity index (χ1n) is 9.14. The van der Waals surface area contributed by atoms with Crippen LogP contribution >= 0.6 is 11.8 Å². The van der Waals surface area contributed by atoms with Gasteiger partial charge in [0.25, 0.3) is 5.91 Å². The lowest BCUT2D eigenvalue weighted by Gasteiger charge is -2.24. The summed E-state index contributed by atoms with van der Waals surface area (Å²) < 4.78 is 10.8. The zero-order valence-corrected chi connectivity index (χ0v) is 15.8. The number of amides is 2. The molecule has 2 aliphatic rings. The maximum atomic E-state index is 13.2. The van der Waals surface area contributed by atoms with Crippen molar-refractivity contribution >= 4 is 29.3 Å². The van der Waals surface area contributed by atoms with E-state index in [0.717, 1.165) is 17.7 Å². The van der Waals surface area contributed by atoms with E-state index >= 15 is 0 Å². The van der Waals surface area contributed by atoms with E-state index in [9.17, 15) is 9.59 Å². The fourth-order valence-electron chi connectivity index (χ4n) is 3.85. The molecular formula is C21H18N2O4S. The molecule has 2 amide bonds. The zero-order chi connectivity index (χ0) is 19.1. The summed E-state index contributed by atoms with van der Waals surface area (Å²) in [7, 11) is 0. The molecule has 2 aliphatic heterocycles. The lowest BCUT2D eigenvalue weighted by Crippen LogP contribution is -2.44. The Morgan fingerprint density at radius 1 is 1.11 bits per heavy atom. The molecule has 0 unspecified atom stereocenters. The summed E-state index contributed by atoms with van der Waals surface area (Å²) in [4.78, 5) is 27.9. The van der Waals surface area contributed by atoms with Gasteiger partial charge in [-0.25, -0.2) is 0 Å². The Labute approximate surface area is 165 Å². The van der Waals surface area contributed by atoms with Gasteiger partial charge in [-0.3, -0.25) is 9.59 Å². The van der Waals surface area contributed by atoms with Gasteiger partial charge in [0.1, 0.15) is 17.6 Å². The van der Waals surface area contributed by atoms with Gasteiger partial charge in [0, 0.05) is 17.4 Å². The van der Waals surface area contributed by atoms with E-state index in [1.54, 1.807) is 41.3 Å². The van der Waals surface area contributed by atoms with E-state index in [2.05, 4.69) is 5.32 Å². The topological polar surface area (TPSA) is 75.7 Å². The standard InChI is InChI=1S/C21H18N2O4S/c24-20-19-18(28-12-14-3-1-9-26-14)7-8-23(19)21(25)15-11-13(5-6-16(15)22-20)17-4-2-10-27-17/h1-6,9-11,18-19H,7-8,12H2,(H,22,24)/t18-,19-/m0/s1. The predicted molar refractivity (Wildman–Crippen MR) is 106 cm³/mol. The second kappa shape index (κ2) is 6.91. The molecule has 6 nitrogen and oxygen atoms in total. The molecule has 0 radical (unpaired) electrons. The number of thioether (sulfide) groups is 1. The number of anilines is 1. The molecule has 1 N–H and O–H groups in total. The van der Waals surface area contributed by atoms with Crippen LogP contribution < -0.4 is 5.32 Å². The summed E-state index contributed by atoms with van der Waals surface area (Å²) in [5.41, 5.74) is 1.86. The molecule has 0 saturated carbocycles. The van der Waals surface area contributed by atoms with Gasteiger partial charge in [0.05, 0.1) is 29.5 Å². The van der Waals surface area contributed by atoms with Gasteiger partial charge in [-0.15, -0.1) is 11.8 Å². The van der Waals surface area contributed by atoms with Gasteiger partial charge in [-0.1, -0.05) is 0 Å². The summed E-state index contributed by atoms with van der Waals surface area (Å²) in [6.45, 7) is 0.567. The van der Waals surface area contributed by atoms with E-state index in [-0.39, 0.29) is 17.1 Å². The fraction of sp³-hybridized carbons (Fsp3) is 0.238. The molecule has 3 aromatic rings. The number of hydrogen-bond donors (Lipinski definition) is 1. The van der Waals surface area contributed by atoms with Gasteiger partial charge in [0.15, 0.2) is 0 Å². The third-order valence-electron chi connectivity index (χ3n) is 5.21. The largest absolute Gasteiger partial charge is 0.468 e. The first kappa shape index (κ1) is 17.2. The van der Waals surface area contributed by atoms with Crippen LogP contribution in [0.25, 0.3) is 11.3 Å². The molecule has 2 atom stereocenters. The first-order valence-corrected chi connectivity index (χ1v) is 10.2. The van der Waals surface area contributed by atoms with Crippen molar-refractivity contribution in [3.63, 3.8) is 0 Å². The molecule has 1 saturated heterocycles. The molecular weight excluding hydrogens is 376 g/mol. The maximum Gasteiger partial charge on any atom is 0.256 e. The quantitative estimate of drug-likeness (QED) is 0.724. The van der Waals surface area contributed by atoms with E-state index in [0.29, 0.717) is 29.3 Å². The van der Waals surface area contributed by atoms with Crippen LogP contribution in [0.3, 0.4) is 0 Å². The Morgan fingerprint density at radius 3 is 2.75 bits per heavy atom. The van der Waals surface area contributed by atoms with Crippen LogP contribution in [0.1, 0.15) is 22.5 Å². The lowest BCUT2D eigenvalue weighted by molar-refractivity contribution is -0.119. The SMILES string of the molecule is O=C1Nc2ccc(-c3ccco3)cc2C(=O)N2CC[C@H](SCc3ccco3)[C@@H]12. The summed E-state index contributed by atoms with van der Waals surface area (Å²) in [5, 5.41) is 2.99. The minimum Gasteiger partial charge on any atom is -0.468 e. The molecule has 0 bridgehead atoms. The van der Waals surface area contributed by atoms with Crippen LogP contribution in [0.5, 0.6) is 0 Å². The molecule has 1 fully saturated rings. The highest BCUT2D eigenvalue weighted by atomic mass is 32.2. The van der Waals surface area contributed by atoms with Crippen LogP contribution in [0.2, 0.25) is 0 Å². The zero-order valence-electron chi connectivity index (χ0n) is 15.0. The summed E-state index contributed by atoms with van der Waals surface area (Å²) in [5.74, 6) is 1.99. The number of carbonyl (C=O) groups is 2. The minimum atomic E-state index is -0.480. The van der Waals surface area contributed by atoms with Crippen molar-refractivity contribution in [3.8, 4) is 11.3 Å². The average molecular weight is 394 g/mol. The molecule has 142 valence electrons. The van der Waals surface area contributed by atoms with Crippen LogP contribution in [0, 0.1) is 0 Å². The lowest BCUT2D eigenvalue weighted by atomic mass is 10.1. The number of hydrogen-bond acceptors (Lipinski definition) is 5. The number of fused-ring (bicyclic) bond motifs is 2. The van der Waals surface area contributed by atoms with E-state index in [1.807, 2.05) is 30.3 Å². The molecule has 7 heteroatoms. The fourth-order valence-corrected chi connectivity index (χ4v) is 5.12. The van der Waals surface area contributed by atoms with Crippen LogP contribution in [-0.2, 0) is 10.5 Å². The van der Waals surface area contributed by atoms with Crippen molar-refractivity contribution in [2.24, 2.45) is 0 Å². The molecule has 0 spiro atoms. The summed E-state index contributed by atoms with van der Waals surface area (Å²) in [6, 6.07) is 12.4. The Bertz CT molecular complexity index is 1010. The molecule has 28 heavy (non-hydrogen) atoms. The highest BCUT2D eigenvalue weighted by Crippen LogP contribution is 2.37. The Balaban J connectivity index is 1.42. The van der Waals surface area contributed by atoms with Crippen LogP contribution in [-0.4, -0.2) is 34.6 Å². The number of benzene rings is 1. The Morgan fingerprint density at radius 2 is 1.96 bits per heavy atom. The van der Waals surface area contributed by atoms with E-state index in [4.69, 9.17) is 8.83 Å². The van der Waals surface area contributed by atoms with E-state index in [1.165, 1.54) is 0 Å². The van der Waals surface area contributed by atoms with Crippen molar-refractivity contribution in [3.05, 3.63) is 66.3 Å². The monoisotopic (exact) mass is 394 g/mol. The number of nitrogens with zero attached hydrogens (tertiary/aromatic N) is 1. The average Bonchev–Trinajstić information content (AvgIpc) is 3.46. The minimum absolute atomic E-state index is 0.0351. The van der Waals surface area contributed by atoms with Gasteiger partial charge < -0.3 is 19.1 Å². The third kappa shape index (κ3) is 2.92. The van der Waals surface area contributed by atoms with Crippen molar-refractivity contribution in [1.29, 1.82) is 0 Å². The van der Waals surface area contributed by atoms with Crippen molar-refractivity contribution in [1.82, 2.24) is 4.90 Å². The molecule has 4 heterocycles. The van der Waals surface area contributed by atoms with Gasteiger partial charge in [-0.2, -0.15) is 0 Å². The molecule has 0 aliphatic carbocycles.